The van der Waals surface area contributed by atoms with Crippen molar-refractivity contribution < 1.29 is 13.9 Å². The molecule has 0 radical (unpaired) electrons. The highest BCUT2D eigenvalue weighted by Gasteiger charge is 2.39. The van der Waals surface area contributed by atoms with Crippen LogP contribution in [0.3, 0.4) is 0 Å². The molecule has 0 aliphatic heterocycles. The zero-order valence-corrected chi connectivity index (χ0v) is 19.0. The zero-order chi connectivity index (χ0) is 23.7. The van der Waals surface area contributed by atoms with Crippen molar-refractivity contribution in [2.75, 3.05) is 20.2 Å². The van der Waals surface area contributed by atoms with E-state index in [1.807, 2.05) is 25.2 Å². The summed E-state index contributed by atoms with van der Waals surface area (Å²) in [5, 5.41) is 17.8. The van der Waals surface area contributed by atoms with E-state index in [2.05, 4.69) is 20.9 Å². The molecule has 3 rings (SSSR count). The molecule has 3 N–H and O–H groups in total. The van der Waals surface area contributed by atoms with Crippen molar-refractivity contribution >= 4 is 11.9 Å². The van der Waals surface area contributed by atoms with Crippen LogP contribution in [0.25, 0.3) is 0 Å². The lowest BCUT2D eigenvalue weighted by atomic mass is 9.68. The number of aliphatic imine (C=N–C) groups is 1. The number of methoxy groups -OCH3 is 1. The van der Waals surface area contributed by atoms with Crippen molar-refractivity contribution in [2.24, 2.45) is 4.99 Å². The number of hydrogen-bond donors (Lipinski definition) is 3. The van der Waals surface area contributed by atoms with Crippen molar-refractivity contribution in [3.05, 3.63) is 65.5 Å². The molecule has 1 aliphatic rings. The van der Waals surface area contributed by atoms with Gasteiger partial charge in [-0.2, -0.15) is 5.26 Å². The van der Waals surface area contributed by atoms with E-state index in [0.717, 1.165) is 12.8 Å². The Balaban J connectivity index is 1.77. The van der Waals surface area contributed by atoms with Gasteiger partial charge in [-0.05, 0) is 56.4 Å². The summed E-state index contributed by atoms with van der Waals surface area (Å²) < 4.78 is 20.2. The Bertz CT molecular complexity index is 1030. The highest BCUT2D eigenvalue weighted by molar-refractivity contribution is 5.97. The van der Waals surface area contributed by atoms with Gasteiger partial charge in [-0.25, -0.2) is 4.39 Å². The normalized spacial score (nSPS) is 20.4. The molecule has 174 valence electrons. The van der Waals surface area contributed by atoms with E-state index in [0.29, 0.717) is 48.8 Å². The molecule has 33 heavy (non-hydrogen) atoms. The van der Waals surface area contributed by atoms with Crippen LogP contribution in [0.4, 0.5) is 4.39 Å². The van der Waals surface area contributed by atoms with E-state index in [-0.39, 0.29) is 17.8 Å². The van der Waals surface area contributed by atoms with Crippen molar-refractivity contribution in [1.29, 1.82) is 5.26 Å². The minimum atomic E-state index is -0.536. The first-order chi connectivity index (χ1) is 16.0. The standard InChI is InChI=1S/C25H30FN5O2/c1-3-28-24(30-17-27)31-18-12-14-25(15-13-18,20-9-5-6-10-21(20)26)16-29-23(32)19-8-4-7-11-22(19)33-2/h4-11,18H,3,12-16H2,1-2H3,(H,29,32)(H2,28,30,31). The predicted molar refractivity (Wildman–Crippen MR) is 126 cm³/mol. The van der Waals surface area contributed by atoms with Gasteiger partial charge in [0.05, 0.1) is 12.7 Å². The molecule has 2 aromatic carbocycles. The van der Waals surface area contributed by atoms with Gasteiger partial charge < -0.3 is 15.4 Å². The van der Waals surface area contributed by atoms with E-state index in [1.165, 1.54) is 13.2 Å². The number of rotatable bonds is 7. The molecule has 0 bridgehead atoms. The molecule has 0 unspecified atom stereocenters. The van der Waals surface area contributed by atoms with Gasteiger partial charge in [0.1, 0.15) is 11.6 Å². The van der Waals surface area contributed by atoms with Crippen LogP contribution < -0.4 is 20.7 Å². The fourth-order valence-electron chi connectivity index (χ4n) is 4.45. The summed E-state index contributed by atoms with van der Waals surface area (Å²) in [6.07, 6.45) is 4.73. The Kier molecular flexibility index (Phi) is 8.25. The molecule has 0 aromatic heterocycles. The van der Waals surface area contributed by atoms with Gasteiger partial charge in [-0.3, -0.25) is 15.1 Å². The Labute approximate surface area is 194 Å². The number of nitrogens with one attached hydrogen (secondary N) is 3. The van der Waals surface area contributed by atoms with Gasteiger partial charge in [0.15, 0.2) is 6.19 Å². The SMILES string of the molecule is CCN=C(NC#N)NC1CCC(CNC(=O)c2ccccc2OC)(c2ccccc2F)CC1. The maximum absolute atomic E-state index is 14.9. The molecule has 7 nitrogen and oxygen atoms in total. The highest BCUT2D eigenvalue weighted by atomic mass is 19.1. The first kappa shape index (κ1) is 24.1. The quantitative estimate of drug-likeness (QED) is 0.259. The van der Waals surface area contributed by atoms with E-state index >= 15 is 0 Å². The lowest BCUT2D eigenvalue weighted by molar-refractivity contribution is 0.0931. The van der Waals surface area contributed by atoms with E-state index in [4.69, 9.17) is 10.00 Å². The summed E-state index contributed by atoms with van der Waals surface area (Å²) in [7, 11) is 1.53. The number of amides is 1. The van der Waals surface area contributed by atoms with Crippen LogP contribution in [-0.4, -0.2) is 38.1 Å². The molecular formula is C25H30FN5O2. The summed E-state index contributed by atoms with van der Waals surface area (Å²) in [4.78, 5) is 17.2. The first-order valence-corrected chi connectivity index (χ1v) is 11.2. The Hall–Kier alpha value is -3.60. The number of ether oxygens (including phenoxy) is 1. The largest absolute Gasteiger partial charge is 0.496 e. The molecule has 0 saturated heterocycles. The summed E-state index contributed by atoms with van der Waals surface area (Å²) in [5.74, 6) is 0.428. The van der Waals surface area contributed by atoms with Crippen LogP contribution in [0.1, 0.15) is 48.5 Å². The molecule has 0 spiro atoms. The Morgan fingerprint density at radius 1 is 1.21 bits per heavy atom. The number of para-hydroxylation sites is 1. The maximum Gasteiger partial charge on any atom is 0.255 e. The van der Waals surface area contributed by atoms with Crippen molar-refractivity contribution in [3.63, 3.8) is 0 Å². The number of carbonyl (C=O) groups excluding carboxylic acids is 1. The summed E-state index contributed by atoms with van der Waals surface area (Å²) in [5.41, 5.74) is 0.523. The fourth-order valence-corrected chi connectivity index (χ4v) is 4.45. The number of nitriles is 1. The maximum atomic E-state index is 14.9. The molecule has 1 saturated carbocycles. The average molecular weight is 452 g/mol. The van der Waals surface area contributed by atoms with Gasteiger partial charge in [-0.1, -0.05) is 30.3 Å². The summed E-state index contributed by atoms with van der Waals surface area (Å²) in [6.45, 7) is 2.76. The Morgan fingerprint density at radius 2 is 1.91 bits per heavy atom. The molecule has 2 aromatic rings. The molecule has 1 aliphatic carbocycles. The van der Waals surface area contributed by atoms with Crippen LogP contribution in [0.2, 0.25) is 0 Å². The number of nitrogens with zero attached hydrogens (tertiary/aromatic N) is 2. The van der Waals surface area contributed by atoms with Crippen LogP contribution >= 0.6 is 0 Å². The topological polar surface area (TPSA) is 98.5 Å². The van der Waals surface area contributed by atoms with Crippen molar-refractivity contribution in [3.8, 4) is 11.9 Å². The third kappa shape index (κ3) is 5.80. The number of guanidine groups is 1. The highest BCUT2D eigenvalue weighted by Crippen LogP contribution is 2.40. The lowest BCUT2D eigenvalue weighted by Gasteiger charge is -2.41. The second-order valence-electron chi connectivity index (χ2n) is 8.12. The van der Waals surface area contributed by atoms with Crippen molar-refractivity contribution in [1.82, 2.24) is 16.0 Å². The molecular weight excluding hydrogens is 421 g/mol. The van der Waals surface area contributed by atoms with Crippen molar-refractivity contribution in [2.45, 2.75) is 44.1 Å². The first-order valence-electron chi connectivity index (χ1n) is 11.2. The van der Waals surface area contributed by atoms with Crippen LogP contribution in [-0.2, 0) is 5.41 Å². The molecule has 8 heteroatoms. The van der Waals surface area contributed by atoms with Crippen LogP contribution in [0.5, 0.6) is 5.75 Å². The van der Waals surface area contributed by atoms with Gasteiger partial charge in [0, 0.05) is 24.5 Å². The number of benzene rings is 2. The molecule has 1 fully saturated rings. The third-order valence-electron chi connectivity index (χ3n) is 6.16. The fraction of sp³-hybridized carbons (Fsp3) is 0.400. The van der Waals surface area contributed by atoms with Gasteiger partial charge >= 0.3 is 0 Å². The smallest absolute Gasteiger partial charge is 0.255 e. The summed E-state index contributed by atoms with van der Waals surface area (Å²) >= 11 is 0. The van der Waals surface area contributed by atoms with E-state index in [1.54, 1.807) is 30.3 Å². The number of hydrogen-bond acceptors (Lipinski definition) is 4. The molecule has 0 atom stereocenters. The van der Waals surface area contributed by atoms with Gasteiger partial charge in [0.25, 0.3) is 5.91 Å². The van der Waals surface area contributed by atoms with Crippen LogP contribution in [0.15, 0.2) is 53.5 Å². The van der Waals surface area contributed by atoms with E-state index < -0.39 is 5.41 Å². The monoisotopic (exact) mass is 451 g/mol. The second-order valence-corrected chi connectivity index (χ2v) is 8.12. The lowest BCUT2D eigenvalue weighted by Crippen LogP contribution is -2.49. The number of carbonyl (C=O) groups is 1. The minimum Gasteiger partial charge on any atom is -0.496 e. The third-order valence-corrected chi connectivity index (χ3v) is 6.16. The Morgan fingerprint density at radius 3 is 2.58 bits per heavy atom. The minimum absolute atomic E-state index is 0.0981. The zero-order valence-electron chi connectivity index (χ0n) is 19.0. The van der Waals surface area contributed by atoms with Gasteiger partial charge in [0.2, 0.25) is 5.96 Å². The predicted octanol–water partition coefficient (Wildman–Crippen LogP) is 3.48. The average Bonchev–Trinajstić information content (AvgIpc) is 2.84. The second kappa shape index (κ2) is 11.3. The van der Waals surface area contributed by atoms with Crippen LogP contribution in [0, 0.1) is 17.3 Å². The van der Waals surface area contributed by atoms with E-state index in [9.17, 15) is 9.18 Å². The number of halogens is 1. The van der Waals surface area contributed by atoms with Gasteiger partial charge in [-0.15, -0.1) is 0 Å². The molecule has 1 amide bonds. The summed E-state index contributed by atoms with van der Waals surface area (Å²) in [6, 6.07) is 13.9. The molecule has 0 heterocycles.